The molecule has 1 N–H and O–H groups in total. The third-order valence-electron chi connectivity index (χ3n) is 3.77. The smallest absolute Gasteiger partial charge is 0.408 e. The summed E-state index contributed by atoms with van der Waals surface area (Å²) in [7, 11) is 0. The monoisotopic (exact) mass is 304 g/mol. The molecule has 1 aromatic heterocycles. The Bertz CT molecular complexity index is 672. The first-order chi connectivity index (χ1) is 10.6. The minimum Gasteiger partial charge on any atom is -0.408 e. The maximum Gasteiger partial charge on any atom is 0.420 e. The lowest BCUT2D eigenvalue weighted by Crippen LogP contribution is -2.36. The SMILES string of the molecule is CCCCCCC(C)NC(=O)Cn1c(=O)oc2ccccc21. The molecule has 0 aliphatic rings. The number of oxazole rings is 1. The Balaban J connectivity index is 1.91. The predicted octanol–water partition coefficient (Wildman–Crippen LogP) is 3.07. The average molecular weight is 304 g/mol. The van der Waals surface area contributed by atoms with Gasteiger partial charge in [0.15, 0.2) is 5.58 Å². The zero-order chi connectivity index (χ0) is 15.9. The quantitative estimate of drug-likeness (QED) is 0.762. The van der Waals surface area contributed by atoms with E-state index in [0.29, 0.717) is 11.1 Å². The fourth-order valence-corrected chi connectivity index (χ4v) is 2.58. The van der Waals surface area contributed by atoms with Gasteiger partial charge in [0.05, 0.1) is 5.52 Å². The van der Waals surface area contributed by atoms with Crippen molar-refractivity contribution in [1.82, 2.24) is 9.88 Å². The number of unbranched alkanes of at least 4 members (excludes halogenated alkanes) is 3. The summed E-state index contributed by atoms with van der Waals surface area (Å²) < 4.78 is 6.49. The summed E-state index contributed by atoms with van der Waals surface area (Å²) >= 11 is 0. The average Bonchev–Trinajstić information content (AvgIpc) is 2.80. The lowest BCUT2D eigenvalue weighted by molar-refractivity contribution is -0.122. The third kappa shape index (κ3) is 4.23. The number of nitrogens with zero attached hydrogens (tertiary/aromatic N) is 1. The molecular weight excluding hydrogens is 280 g/mol. The molecule has 1 aromatic carbocycles. The highest BCUT2D eigenvalue weighted by molar-refractivity contribution is 5.79. The molecule has 0 spiro atoms. The van der Waals surface area contributed by atoms with Crippen LogP contribution in [0.4, 0.5) is 0 Å². The first kappa shape index (κ1) is 16.3. The van der Waals surface area contributed by atoms with Crippen LogP contribution in [0.5, 0.6) is 0 Å². The Kier molecular flexibility index (Phi) is 5.81. The Hall–Kier alpha value is -2.04. The minimum atomic E-state index is -0.494. The fourth-order valence-electron chi connectivity index (χ4n) is 2.58. The number of nitrogens with one attached hydrogen (secondary N) is 1. The second-order valence-corrected chi connectivity index (χ2v) is 5.74. The molecule has 1 unspecified atom stereocenters. The van der Waals surface area contributed by atoms with Gasteiger partial charge in [-0.1, -0.05) is 44.7 Å². The lowest BCUT2D eigenvalue weighted by Gasteiger charge is -2.13. The number of carbonyl (C=O) groups excluding carboxylic acids is 1. The highest BCUT2D eigenvalue weighted by Crippen LogP contribution is 2.11. The molecule has 1 heterocycles. The van der Waals surface area contributed by atoms with Gasteiger partial charge in [-0.05, 0) is 25.5 Å². The number of carbonyl (C=O) groups is 1. The van der Waals surface area contributed by atoms with E-state index in [2.05, 4.69) is 12.2 Å². The molecule has 0 bridgehead atoms. The largest absolute Gasteiger partial charge is 0.420 e. The second kappa shape index (κ2) is 7.82. The van der Waals surface area contributed by atoms with Crippen molar-refractivity contribution in [1.29, 1.82) is 0 Å². The molecule has 5 heteroatoms. The molecule has 22 heavy (non-hydrogen) atoms. The first-order valence-electron chi connectivity index (χ1n) is 7.99. The fraction of sp³-hybridized carbons (Fsp3) is 0.529. The summed E-state index contributed by atoms with van der Waals surface area (Å²) in [6, 6.07) is 7.25. The number of para-hydroxylation sites is 2. The molecule has 5 nitrogen and oxygen atoms in total. The highest BCUT2D eigenvalue weighted by Gasteiger charge is 2.13. The van der Waals surface area contributed by atoms with E-state index in [1.54, 1.807) is 18.2 Å². The standard InChI is InChI=1S/C17H24N2O3/c1-3-4-5-6-9-13(2)18-16(20)12-19-14-10-7-8-11-15(14)22-17(19)21/h7-8,10-11,13H,3-6,9,12H2,1-2H3,(H,18,20). The molecule has 2 aromatic rings. The molecule has 1 atom stereocenters. The van der Waals surface area contributed by atoms with Crippen LogP contribution in [0, 0.1) is 0 Å². The topological polar surface area (TPSA) is 64.2 Å². The zero-order valence-corrected chi connectivity index (χ0v) is 13.3. The predicted molar refractivity (Wildman–Crippen MR) is 86.8 cm³/mol. The first-order valence-corrected chi connectivity index (χ1v) is 7.99. The van der Waals surface area contributed by atoms with Crippen LogP contribution in [0.25, 0.3) is 11.1 Å². The minimum absolute atomic E-state index is 0.00481. The van der Waals surface area contributed by atoms with Crippen molar-refractivity contribution in [3.8, 4) is 0 Å². The van der Waals surface area contributed by atoms with E-state index in [0.717, 1.165) is 12.8 Å². The molecule has 120 valence electrons. The molecule has 0 saturated heterocycles. The Morgan fingerprint density at radius 3 is 2.82 bits per heavy atom. The van der Waals surface area contributed by atoms with E-state index in [4.69, 9.17) is 4.42 Å². The van der Waals surface area contributed by atoms with Gasteiger partial charge < -0.3 is 9.73 Å². The number of hydrogen-bond donors (Lipinski definition) is 1. The van der Waals surface area contributed by atoms with Gasteiger partial charge in [0.25, 0.3) is 0 Å². The maximum absolute atomic E-state index is 12.1. The van der Waals surface area contributed by atoms with E-state index in [-0.39, 0.29) is 18.5 Å². The van der Waals surface area contributed by atoms with Gasteiger partial charge in [0, 0.05) is 6.04 Å². The Labute approximate surface area is 130 Å². The molecule has 2 rings (SSSR count). The number of amides is 1. The van der Waals surface area contributed by atoms with Crippen molar-refractivity contribution in [3.05, 3.63) is 34.8 Å². The van der Waals surface area contributed by atoms with Crippen molar-refractivity contribution >= 4 is 17.0 Å². The summed E-state index contributed by atoms with van der Waals surface area (Å²) in [5.74, 6) is -0.649. The molecular formula is C17H24N2O3. The molecule has 0 radical (unpaired) electrons. The normalized spacial score (nSPS) is 12.5. The van der Waals surface area contributed by atoms with Crippen LogP contribution >= 0.6 is 0 Å². The summed E-state index contributed by atoms with van der Waals surface area (Å²) in [5, 5.41) is 2.95. The third-order valence-corrected chi connectivity index (χ3v) is 3.77. The summed E-state index contributed by atoms with van der Waals surface area (Å²) in [5.41, 5.74) is 1.16. The summed E-state index contributed by atoms with van der Waals surface area (Å²) in [4.78, 5) is 23.9. The Morgan fingerprint density at radius 1 is 1.27 bits per heavy atom. The van der Waals surface area contributed by atoms with E-state index in [9.17, 15) is 9.59 Å². The van der Waals surface area contributed by atoms with Crippen LogP contribution < -0.4 is 11.1 Å². The van der Waals surface area contributed by atoms with Crippen LogP contribution in [-0.2, 0) is 11.3 Å². The number of benzene rings is 1. The highest BCUT2D eigenvalue weighted by atomic mass is 16.4. The van der Waals surface area contributed by atoms with E-state index in [1.807, 2.05) is 13.0 Å². The van der Waals surface area contributed by atoms with Gasteiger partial charge >= 0.3 is 5.76 Å². The van der Waals surface area contributed by atoms with Crippen molar-refractivity contribution < 1.29 is 9.21 Å². The van der Waals surface area contributed by atoms with Crippen LogP contribution in [-0.4, -0.2) is 16.5 Å². The van der Waals surface area contributed by atoms with Gasteiger partial charge in [-0.3, -0.25) is 9.36 Å². The number of aromatic nitrogens is 1. The van der Waals surface area contributed by atoms with Gasteiger partial charge in [-0.15, -0.1) is 0 Å². The van der Waals surface area contributed by atoms with Crippen molar-refractivity contribution in [2.75, 3.05) is 0 Å². The number of hydrogen-bond acceptors (Lipinski definition) is 3. The van der Waals surface area contributed by atoms with Crippen LogP contribution in [0.15, 0.2) is 33.5 Å². The van der Waals surface area contributed by atoms with Gasteiger partial charge in [0.1, 0.15) is 6.54 Å². The molecule has 0 aliphatic heterocycles. The van der Waals surface area contributed by atoms with Crippen molar-refractivity contribution in [3.63, 3.8) is 0 Å². The Morgan fingerprint density at radius 2 is 2.05 bits per heavy atom. The lowest BCUT2D eigenvalue weighted by atomic mass is 10.1. The van der Waals surface area contributed by atoms with Crippen LogP contribution in [0.3, 0.4) is 0 Å². The van der Waals surface area contributed by atoms with Gasteiger partial charge in [-0.2, -0.15) is 0 Å². The van der Waals surface area contributed by atoms with Crippen molar-refractivity contribution in [2.24, 2.45) is 0 Å². The maximum atomic E-state index is 12.1. The van der Waals surface area contributed by atoms with Crippen molar-refractivity contribution in [2.45, 2.75) is 58.5 Å². The van der Waals surface area contributed by atoms with E-state index >= 15 is 0 Å². The van der Waals surface area contributed by atoms with Crippen LogP contribution in [0.2, 0.25) is 0 Å². The molecule has 0 aliphatic carbocycles. The summed E-state index contributed by atoms with van der Waals surface area (Å²) in [6.45, 7) is 4.17. The molecule has 0 saturated carbocycles. The number of rotatable bonds is 8. The van der Waals surface area contributed by atoms with Crippen LogP contribution in [0.1, 0.15) is 46.0 Å². The second-order valence-electron chi connectivity index (χ2n) is 5.74. The number of fused-ring (bicyclic) bond motifs is 1. The van der Waals surface area contributed by atoms with E-state index < -0.39 is 5.76 Å². The molecule has 0 fully saturated rings. The van der Waals surface area contributed by atoms with Gasteiger partial charge in [-0.25, -0.2) is 4.79 Å². The summed E-state index contributed by atoms with van der Waals surface area (Å²) in [6.07, 6.45) is 5.72. The molecule has 1 amide bonds. The zero-order valence-electron chi connectivity index (χ0n) is 13.3. The van der Waals surface area contributed by atoms with Gasteiger partial charge in [0.2, 0.25) is 5.91 Å². The van der Waals surface area contributed by atoms with E-state index in [1.165, 1.54) is 23.8 Å².